The van der Waals surface area contributed by atoms with Gasteiger partial charge in [0.05, 0.1) is 0 Å². The Hall–Kier alpha value is 2.26. The van der Waals surface area contributed by atoms with Crippen LogP contribution in [0.4, 0.5) is 0 Å². The van der Waals surface area contributed by atoms with E-state index < -0.39 is 0 Å². The van der Waals surface area contributed by atoms with Crippen LogP contribution in [0, 0.1) is 0 Å². The normalized spacial score (nSPS) is 6.82. The van der Waals surface area contributed by atoms with Crippen LogP contribution in [0.1, 0.15) is 0 Å². The van der Waals surface area contributed by atoms with Gasteiger partial charge in [-0.3, -0.25) is 0 Å². The summed E-state index contributed by atoms with van der Waals surface area (Å²) in [6.45, 7) is 3.64. The molecule has 0 amide bonds. The molecule has 0 aromatic heterocycles. The molecule has 0 spiro atoms. The molecule has 0 aromatic carbocycles. The van der Waals surface area contributed by atoms with Gasteiger partial charge in [-0.1, -0.05) is 0 Å². The van der Waals surface area contributed by atoms with E-state index in [9.17, 15) is 0 Å². The molecule has 0 fully saturated rings. The van der Waals surface area contributed by atoms with Gasteiger partial charge in [0, 0.05) is 0 Å². The van der Waals surface area contributed by atoms with Crippen LogP contribution in [-0.4, -0.2) is 6.72 Å². The van der Waals surface area contributed by atoms with Gasteiger partial charge < -0.3 is 0 Å². The topological polar surface area (TPSA) is 0 Å². The van der Waals surface area contributed by atoms with Crippen molar-refractivity contribution < 1.29 is 0 Å². The van der Waals surface area contributed by atoms with Gasteiger partial charge in [-0.25, -0.2) is 0 Å². The van der Waals surface area contributed by atoms with Gasteiger partial charge in [-0.15, -0.1) is 0 Å². The van der Waals surface area contributed by atoms with Gasteiger partial charge in [0.1, 0.15) is 0 Å². The maximum absolute atomic E-state index is 4.68. The van der Waals surface area contributed by atoms with Gasteiger partial charge >= 0.3 is 98.7 Å². The van der Waals surface area contributed by atoms with Crippen molar-refractivity contribution in [3.63, 3.8) is 0 Å². The van der Waals surface area contributed by atoms with E-state index in [1.165, 1.54) is 18.6 Å². The Morgan fingerprint density at radius 1 is 0.727 bits per heavy atom. The molecule has 11 heteroatoms. The third kappa shape index (κ3) is 12.3. The van der Waals surface area contributed by atoms with Crippen LogP contribution in [0.5, 0.6) is 0 Å². The fraction of sp³-hybridized carbons (Fsp3) is 0. The standard InChI is InChI=1S/BHS10/c1-3-5-7-9-11-10-8-6-4-2/h1H. The maximum atomic E-state index is 4.68. The molecule has 0 unspecified atom stereocenters. The predicted octanol–water partition coefficient (Wildman–Crippen LogP) is -0.673. The SMILES string of the molecule is B=S=S=S=S=S=S=S=S=S=S. The van der Waals surface area contributed by atoms with Crippen molar-refractivity contribution in [1.29, 1.82) is 0 Å². The zero-order chi connectivity index (χ0) is 8.36. The fourth-order valence-corrected chi connectivity index (χ4v) is 18.1. The van der Waals surface area contributed by atoms with Crippen LogP contribution in [0.25, 0.3) is 0 Å². The van der Waals surface area contributed by atoms with E-state index >= 15 is 0 Å². The quantitative estimate of drug-likeness (QED) is 0.530. The second-order valence-electron chi connectivity index (χ2n) is 0.662. The van der Waals surface area contributed by atoms with Crippen LogP contribution in [0.15, 0.2) is 0 Å². The van der Waals surface area contributed by atoms with E-state index in [4.69, 9.17) is 0 Å². The Morgan fingerprint density at radius 2 is 1.18 bits per heavy atom. The van der Waals surface area contributed by atoms with Crippen molar-refractivity contribution in [2.45, 2.75) is 0 Å². The summed E-state index contributed by atoms with van der Waals surface area (Å²) >= 11 is 4.68. The molecule has 0 radical (unpaired) electrons. The molecule has 11 heavy (non-hydrogen) atoms. The van der Waals surface area contributed by atoms with Gasteiger partial charge in [-0.2, -0.15) is 0 Å². The minimum atomic E-state index is 1.36. The molecule has 64 valence electrons. The number of hydrogen-bond donors (Lipinski definition) is 0. The summed E-state index contributed by atoms with van der Waals surface area (Å²) in [4.78, 5) is 0. The second kappa shape index (κ2) is 12.3. The molecule has 0 aliphatic carbocycles. The fourth-order valence-electron chi connectivity index (χ4n) is 0.0877. The molecule has 0 rings (SSSR count). The van der Waals surface area contributed by atoms with Crippen molar-refractivity contribution in [3.8, 4) is 0 Å². The zero-order valence-corrected chi connectivity index (χ0v) is 13.0. The first kappa shape index (κ1) is 13.3. The predicted molar refractivity (Wildman–Crippen MR) is 80.8 cm³/mol. The number of hydrogen-bond acceptors (Lipinski definition) is 1. The zero-order valence-electron chi connectivity index (χ0n) is 4.79. The second-order valence-corrected chi connectivity index (χ2v) is 15.8. The summed E-state index contributed by atoms with van der Waals surface area (Å²) in [6.07, 6.45) is 0. The summed E-state index contributed by atoms with van der Waals surface area (Å²) in [5.41, 5.74) is 0. The first-order valence-electron chi connectivity index (χ1n) is 1.79. The molecule has 0 atom stereocenters. The Labute approximate surface area is 97.0 Å². The van der Waals surface area contributed by atoms with Gasteiger partial charge in [0.2, 0.25) is 0 Å². The Balaban J connectivity index is 5.38. The summed E-state index contributed by atoms with van der Waals surface area (Å²) in [5.74, 6) is 0. The third-order valence-corrected chi connectivity index (χ3v) is 17.0. The molecule has 0 aliphatic heterocycles. The van der Waals surface area contributed by atoms with Gasteiger partial charge in [0.15, 0.2) is 0 Å². The van der Waals surface area contributed by atoms with E-state index in [1.807, 2.05) is 0 Å². The van der Waals surface area contributed by atoms with Crippen molar-refractivity contribution in [1.82, 2.24) is 0 Å². The van der Waals surface area contributed by atoms with Crippen LogP contribution in [-0.2, 0) is 92.0 Å². The van der Waals surface area contributed by atoms with Crippen molar-refractivity contribution in [2.24, 2.45) is 0 Å². The van der Waals surface area contributed by atoms with Crippen LogP contribution >= 0.6 is 0 Å². The van der Waals surface area contributed by atoms with E-state index in [-0.39, 0.29) is 0 Å². The molecule has 0 saturated heterocycles. The number of rotatable bonds is 0. The first-order chi connectivity index (χ1) is 5.41. The molecule has 0 aliphatic rings. The Kier molecular flexibility index (Phi) is 14.8. The van der Waals surface area contributed by atoms with E-state index in [0.29, 0.717) is 0 Å². The van der Waals surface area contributed by atoms with Crippen molar-refractivity contribution in [2.75, 3.05) is 0 Å². The first-order valence-corrected chi connectivity index (χ1v) is 14.4. The Morgan fingerprint density at radius 3 is 1.64 bits per heavy atom. The molecular weight excluding hydrogens is 331 g/mol. The summed E-state index contributed by atoms with van der Waals surface area (Å²) in [5, 5.41) is 0. The molecule has 0 aromatic rings. The summed E-state index contributed by atoms with van der Waals surface area (Å²) < 4.78 is 0. The van der Waals surface area contributed by atoms with E-state index in [0.717, 1.165) is 0 Å². The molecule has 0 bridgehead atoms. The minimum absolute atomic E-state index is 1.36. The van der Waals surface area contributed by atoms with E-state index in [2.05, 4.69) is 17.9 Å². The van der Waals surface area contributed by atoms with Crippen LogP contribution in [0.2, 0.25) is 0 Å². The average molecular weight is 332 g/mol. The summed E-state index contributed by atoms with van der Waals surface area (Å²) in [7, 11) is 14.9. The van der Waals surface area contributed by atoms with Crippen LogP contribution < -0.4 is 0 Å². The third-order valence-electron chi connectivity index (χ3n) is 0.243. The molecule has 0 nitrogen and oxygen atoms in total. The molecule has 0 saturated carbocycles. The molecule has 0 N–H and O–H groups in total. The molecular formula is HBS10. The monoisotopic (exact) mass is 332 g/mol. The van der Waals surface area contributed by atoms with Crippen molar-refractivity contribution >= 4 is 98.7 Å². The molecule has 0 heterocycles. The summed E-state index contributed by atoms with van der Waals surface area (Å²) in [6, 6.07) is 0. The average Bonchev–Trinajstić information content (AvgIpc) is 2.03. The van der Waals surface area contributed by atoms with Gasteiger partial charge in [0.25, 0.3) is 0 Å². The van der Waals surface area contributed by atoms with E-state index in [1.54, 1.807) is 62.2 Å². The van der Waals surface area contributed by atoms with Gasteiger partial charge in [-0.05, 0) is 0 Å². The van der Waals surface area contributed by atoms with Crippen LogP contribution in [0.3, 0.4) is 0 Å². The van der Waals surface area contributed by atoms with Crippen molar-refractivity contribution in [3.05, 3.63) is 0 Å². The Bertz CT molecular complexity index is 399.